The van der Waals surface area contributed by atoms with E-state index in [9.17, 15) is 18.0 Å². The molecule has 1 amide bonds. The third kappa shape index (κ3) is 4.53. The normalized spacial score (nSPS) is 27.5. The summed E-state index contributed by atoms with van der Waals surface area (Å²) in [6, 6.07) is -0.0754. The minimum absolute atomic E-state index is 0.0754. The van der Waals surface area contributed by atoms with Gasteiger partial charge in [0.15, 0.2) is 0 Å². The van der Waals surface area contributed by atoms with Crippen molar-refractivity contribution in [3.63, 3.8) is 0 Å². The van der Waals surface area contributed by atoms with Gasteiger partial charge in [-0.1, -0.05) is 19.8 Å². The molecule has 1 saturated carbocycles. The summed E-state index contributed by atoms with van der Waals surface area (Å²) in [5.41, 5.74) is 0. The van der Waals surface area contributed by atoms with Gasteiger partial charge in [0.1, 0.15) is 6.42 Å². The van der Waals surface area contributed by atoms with E-state index in [1.807, 2.05) is 6.92 Å². The molecular formula is C10H16F3NO. The number of rotatable bonds is 2. The van der Waals surface area contributed by atoms with Crippen molar-refractivity contribution >= 4 is 5.91 Å². The van der Waals surface area contributed by atoms with Crippen LogP contribution in [0.1, 0.15) is 39.0 Å². The number of alkyl halides is 3. The summed E-state index contributed by atoms with van der Waals surface area (Å²) in [6.45, 7) is 1.97. The van der Waals surface area contributed by atoms with Gasteiger partial charge in [0.25, 0.3) is 0 Å². The van der Waals surface area contributed by atoms with Gasteiger partial charge in [-0.3, -0.25) is 4.79 Å². The lowest BCUT2D eigenvalue weighted by atomic mass is 9.86. The van der Waals surface area contributed by atoms with Crippen LogP contribution >= 0.6 is 0 Å². The van der Waals surface area contributed by atoms with E-state index in [2.05, 4.69) is 5.32 Å². The Labute approximate surface area is 87.2 Å². The Morgan fingerprint density at radius 3 is 2.47 bits per heavy atom. The smallest absolute Gasteiger partial charge is 0.353 e. The van der Waals surface area contributed by atoms with Gasteiger partial charge in [0.2, 0.25) is 5.91 Å². The number of carbonyl (C=O) groups is 1. The van der Waals surface area contributed by atoms with Gasteiger partial charge >= 0.3 is 6.18 Å². The third-order valence-corrected chi connectivity index (χ3v) is 2.82. The van der Waals surface area contributed by atoms with E-state index in [0.29, 0.717) is 0 Å². The number of halogens is 3. The number of hydrogen-bond acceptors (Lipinski definition) is 1. The number of carbonyl (C=O) groups excluding carboxylic acids is 1. The molecule has 0 aromatic rings. The number of hydrogen-bond donors (Lipinski definition) is 1. The first-order chi connectivity index (χ1) is 6.88. The maximum Gasteiger partial charge on any atom is 0.397 e. The summed E-state index contributed by atoms with van der Waals surface area (Å²) in [6.07, 6.45) is -1.89. The van der Waals surface area contributed by atoms with Crippen molar-refractivity contribution in [2.75, 3.05) is 0 Å². The molecule has 1 rings (SSSR count). The fraction of sp³-hybridized carbons (Fsp3) is 0.900. The van der Waals surface area contributed by atoms with Crippen LogP contribution in [-0.4, -0.2) is 18.1 Å². The summed E-state index contributed by atoms with van der Waals surface area (Å²) in [4.78, 5) is 11.0. The maximum atomic E-state index is 11.9. The molecule has 0 saturated heterocycles. The quantitative estimate of drug-likeness (QED) is 0.766. The minimum atomic E-state index is -4.40. The fourth-order valence-electron chi connectivity index (χ4n) is 1.97. The molecule has 1 N–H and O–H groups in total. The molecule has 0 spiro atoms. The van der Waals surface area contributed by atoms with Crippen molar-refractivity contribution in [3.8, 4) is 0 Å². The molecule has 1 aliphatic carbocycles. The Hall–Kier alpha value is -0.740. The first-order valence-electron chi connectivity index (χ1n) is 5.24. The summed E-state index contributed by atoms with van der Waals surface area (Å²) in [5, 5.41) is 2.47. The SMILES string of the molecule is C[C@H]1CCCC[C@H]1NC(=O)CC(F)(F)F. The lowest BCUT2D eigenvalue weighted by Crippen LogP contribution is -2.42. The molecule has 88 valence electrons. The molecule has 1 fully saturated rings. The molecule has 5 heteroatoms. The van der Waals surface area contributed by atoms with E-state index in [0.717, 1.165) is 25.7 Å². The van der Waals surface area contributed by atoms with E-state index in [4.69, 9.17) is 0 Å². The molecule has 2 nitrogen and oxygen atoms in total. The molecule has 0 heterocycles. The van der Waals surface area contributed by atoms with Gasteiger partial charge in [0, 0.05) is 6.04 Å². The van der Waals surface area contributed by atoms with Crippen LogP contribution in [-0.2, 0) is 4.79 Å². The van der Waals surface area contributed by atoms with Gasteiger partial charge in [-0.2, -0.15) is 13.2 Å². The van der Waals surface area contributed by atoms with Crippen molar-refractivity contribution in [2.45, 2.75) is 51.2 Å². The zero-order chi connectivity index (χ0) is 11.5. The van der Waals surface area contributed by atoms with Crippen molar-refractivity contribution in [2.24, 2.45) is 5.92 Å². The third-order valence-electron chi connectivity index (χ3n) is 2.82. The number of amides is 1. The van der Waals surface area contributed by atoms with Crippen LogP contribution in [0, 0.1) is 5.92 Å². The average molecular weight is 223 g/mol. The Morgan fingerprint density at radius 2 is 1.93 bits per heavy atom. The molecule has 0 aromatic carbocycles. The molecule has 0 bridgehead atoms. The highest BCUT2D eigenvalue weighted by molar-refractivity contribution is 5.76. The molecule has 1 aliphatic rings. The van der Waals surface area contributed by atoms with Crippen molar-refractivity contribution in [1.82, 2.24) is 5.32 Å². The minimum Gasteiger partial charge on any atom is -0.353 e. The molecule has 0 aromatic heterocycles. The highest BCUT2D eigenvalue weighted by Gasteiger charge is 2.33. The van der Waals surface area contributed by atoms with E-state index in [-0.39, 0.29) is 12.0 Å². The number of nitrogens with one attached hydrogen (secondary N) is 1. The fourth-order valence-corrected chi connectivity index (χ4v) is 1.97. The Morgan fingerprint density at radius 1 is 1.33 bits per heavy atom. The summed E-state index contributed by atoms with van der Waals surface area (Å²) < 4.78 is 35.7. The van der Waals surface area contributed by atoms with Gasteiger partial charge in [0.05, 0.1) is 0 Å². The second-order valence-corrected chi connectivity index (χ2v) is 4.23. The van der Waals surface area contributed by atoms with Crippen molar-refractivity contribution < 1.29 is 18.0 Å². The zero-order valence-electron chi connectivity index (χ0n) is 8.73. The highest BCUT2D eigenvalue weighted by atomic mass is 19.4. The summed E-state index contributed by atoms with van der Waals surface area (Å²) in [5.74, 6) is -0.614. The second kappa shape index (κ2) is 4.86. The Bertz CT molecular complexity index is 227. The van der Waals surface area contributed by atoms with Gasteiger partial charge < -0.3 is 5.32 Å². The van der Waals surface area contributed by atoms with E-state index in [1.54, 1.807) is 0 Å². The lowest BCUT2D eigenvalue weighted by molar-refractivity contribution is -0.154. The van der Waals surface area contributed by atoms with Crippen LogP contribution in [0.5, 0.6) is 0 Å². The first-order valence-corrected chi connectivity index (χ1v) is 5.24. The predicted octanol–water partition coefficient (Wildman–Crippen LogP) is 2.63. The van der Waals surface area contributed by atoms with Gasteiger partial charge in [-0.05, 0) is 18.8 Å². The average Bonchev–Trinajstić information content (AvgIpc) is 2.05. The predicted molar refractivity (Wildman–Crippen MR) is 50.2 cm³/mol. The van der Waals surface area contributed by atoms with Crippen molar-refractivity contribution in [1.29, 1.82) is 0 Å². The summed E-state index contributed by atoms with van der Waals surface area (Å²) >= 11 is 0. The molecule has 0 radical (unpaired) electrons. The summed E-state index contributed by atoms with van der Waals surface area (Å²) in [7, 11) is 0. The van der Waals surface area contributed by atoms with Crippen molar-refractivity contribution in [3.05, 3.63) is 0 Å². The molecule has 0 unspecified atom stereocenters. The monoisotopic (exact) mass is 223 g/mol. The van der Waals surface area contributed by atoms with E-state index < -0.39 is 18.5 Å². The van der Waals surface area contributed by atoms with Gasteiger partial charge in [-0.25, -0.2) is 0 Å². The molecule has 15 heavy (non-hydrogen) atoms. The van der Waals surface area contributed by atoms with Crippen LogP contribution in [0.15, 0.2) is 0 Å². The van der Waals surface area contributed by atoms with Crippen LogP contribution in [0.2, 0.25) is 0 Å². The lowest BCUT2D eigenvalue weighted by Gasteiger charge is -2.29. The van der Waals surface area contributed by atoms with E-state index in [1.165, 1.54) is 0 Å². The topological polar surface area (TPSA) is 29.1 Å². The second-order valence-electron chi connectivity index (χ2n) is 4.23. The Kier molecular flexibility index (Phi) is 3.99. The van der Waals surface area contributed by atoms with Crippen LogP contribution < -0.4 is 5.32 Å². The molecule has 0 aliphatic heterocycles. The molecule has 2 atom stereocenters. The standard InChI is InChI=1S/C10H16F3NO/c1-7-4-2-3-5-8(7)14-9(15)6-10(11,12)13/h7-8H,2-6H2,1H3,(H,14,15)/t7-,8+/m0/s1. The Balaban J connectivity index is 2.36. The zero-order valence-corrected chi connectivity index (χ0v) is 8.73. The molecular weight excluding hydrogens is 207 g/mol. The highest BCUT2D eigenvalue weighted by Crippen LogP contribution is 2.25. The maximum absolute atomic E-state index is 11.9. The van der Waals surface area contributed by atoms with Crippen LogP contribution in [0.4, 0.5) is 13.2 Å². The largest absolute Gasteiger partial charge is 0.397 e. The first kappa shape index (κ1) is 12.3. The van der Waals surface area contributed by atoms with Gasteiger partial charge in [-0.15, -0.1) is 0 Å². The van der Waals surface area contributed by atoms with Crippen LogP contribution in [0.3, 0.4) is 0 Å². The van der Waals surface area contributed by atoms with Crippen LogP contribution in [0.25, 0.3) is 0 Å². The van der Waals surface area contributed by atoms with E-state index >= 15 is 0 Å².